The van der Waals surface area contributed by atoms with Crippen molar-refractivity contribution in [2.75, 3.05) is 10.6 Å². The number of aromatic nitrogens is 2. The van der Waals surface area contributed by atoms with Crippen LogP contribution >= 0.6 is 0 Å². The van der Waals surface area contributed by atoms with Crippen LogP contribution in [0.15, 0.2) is 30.5 Å². The molecule has 1 aromatic heterocycles. The summed E-state index contributed by atoms with van der Waals surface area (Å²) in [6.07, 6.45) is 1.57. The van der Waals surface area contributed by atoms with E-state index in [9.17, 15) is 13.2 Å². The van der Waals surface area contributed by atoms with E-state index in [2.05, 4.69) is 20.6 Å². The second-order valence-electron chi connectivity index (χ2n) is 7.35. The molecule has 1 aromatic carbocycles. The molecule has 0 fully saturated rings. The molecule has 0 aliphatic carbocycles. The van der Waals surface area contributed by atoms with Crippen molar-refractivity contribution in [2.45, 2.75) is 45.4 Å². The maximum atomic E-state index is 11.7. The summed E-state index contributed by atoms with van der Waals surface area (Å²) in [4.78, 5) is 20.2. The number of hydrogen-bond donors (Lipinski definition) is 4. The topological polar surface area (TPSA) is 147 Å². The van der Waals surface area contributed by atoms with E-state index in [1.165, 1.54) is 13.1 Å². The van der Waals surface area contributed by atoms with E-state index in [-0.39, 0.29) is 24.0 Å². The van der Waals surface area contributed by atoms with Crippen LogP contribution in [0.1, 0.15) is 43.6 Å². The smallest absolute Gasteiger partial charge is 0.267 e. The Morgan fingerprint density at radius 1 is 1.17 bits per heavy atom. The van der Waals surface area contributed by atoms with E-state index in [0.29, 0.717) is 17.4 Å². The van der Waals surface area contributed by atoms with Gasteiger partial charge >= 0.3 is 0 Å². The quantitative estimate of drug-likeness (QED) is 0.452. The Morgan fingerprint density at radius 2 is 1.79 bits per heavy atom. The first-order chi connectivity index (χ1) is 13.5. The van der Waals surface area contributed by atoms with E-state index in [1.54, 1.807) is 24.3 Å². The Bertz CT molecular complexity index is 961. The largest absolute Gasteiger partial charge is 0.367 e. The summed E-state index contributed by atoms with van der Waals surface area (Å²) in [5, 5.41) is 5.34. The van der Waals surface area contributed by atoms with Gasteiger partial charge in [-0.3, -0.25) is 9.35 Å². The van der Waals surface area contributed by atoms with Gasteiger partial charge in [-0.25, -0.2) is 4.98 Å². The molecule has 0 aliphatic rings. The lowest BCUT2D eigenvalue weighted by molar-refractivity contribution is 0.100. The van der Waals surface area contributed by atoms with Gasteiger partial charge in [0.05, 0.1) is 10.8 Å². The maximum Gasteiger partial charge on any atom is 0.267 e. The predicted octanol–water partition coefficient (Wildman–Crippen LogP) is 2.59. The van der Waals surface area contributed by atoms with E-state index in [0.717, 1.165) is 5.56 Å². The Hall–Kier alpha value is -2.72. The summed E-state index contributed by atoms with van der Waals surface area (Å²) in [5.41, 5.74) is 7.07. The third kappa shape index (κ3) is 6.40. The van der Waals surface area contributed by atoms with Crippen LogP contribution in [-0.2, 0) is 16.5 Å². The minimum Gasteiger partial charge on any atom is -0.367 e. The van der Waals surface area contributed by atoms with E-state index in [1.807, 2.05) is 20.8 Å². The molecule has 1 unspecified atom stereocenters. The molecular formula is C19H27N5O4S. The lowest BCUT2D eigenvalue weighted by atomic mass is 10.1. The van der Waals surface area contributed by atoms with Crippen molar-refractivity contribution in [1.29, 1.82) is 0 Å². The highest BCUT2D eigenvalue weighted by atomic mass is 32.2. The van der Waals surface area contributed by atoms with Crippen LogP contribution < -0.4 is 16.4 Å². The normalized spacial score (nSPS) is 13.7. The van der Waals surface area contributed by atoms with Crippen molar-refractivity contribution in [3.8, 4) is 0 Å². The Morgan fingerprint density at radius 3 is 2.31 bits per heavy atom. The molecule has 9 nitrogen and oxygen atoms in total. The van der Waals surface area contributed by atoms with Gasteiger partial charge in [0.2, 0.25) is 5.95 Å². The number of rotatable bonds is 9. The van der Waals surface area contributed by atoms with Gasteiger partial charge in [-0.05, 0) is 43.9 Å². The number of primary amides is 1. The Labute approximate surface area is 170 Å². The van der Waals surface area contributed by atoms with E-state index >= 15 is 0 Å². The summed E-state index contributed by atoms with van der Waals surface area (Å²) in [7, 11) is -4.07. The number of amides is 1. The third-order valence-corrected chi connectivity index (χ3v) is 5.84. The fourth-order valence-electron chi connectivity index (χ4n) is 2.41. The fraction of sp³-hybridized carbons (Fsp3) is 0.421. The van der Waals surface area contributed by atoms with Gasteiger partial charge in [0.1, 0.15) is 5.82 Å². The average molecular weight is 422 g/mol. The number of nitrogens with zero attached hydrogens (tertiary/aromatic N) is 2. The molecule has 0 bridgehead atoms. The highest BCUT2D eigenvalue weighted by Crippen LogP contribution is 2.20. The molecule has 0 aliphatic heterocycles. The van der Waals surface area contributed by atoms with Gasteiger partial charge in [0, 0.05) is 17.9 Å². The van der Waals surface area contributed by atoms with Crippen LogP contribution in [0.25, 0.3) is 0 Å². The number of benzene rings is 1. The number of hydrogen-bond acceptors (Lipinski definition) is 7. The molecule has 0 saturated heterocycles. The van der Waals surface area contributed by atoms with Crippen LogP contribution in [0, 0.1) is 5.92 Å². The van der Waals surface area contributed by atoms with Gasteiger partial charge in [-0.1, -0.05) is 26.0 Å². The molecule has 0 spiro atoms. The number of carbonyl (C=O) groups is 1. The zero-order valence-electron chi connectivity index (χ0n) is 16.9. The summed E-state index contributed by atoms with van der Waals surface area (Å²) in [5.74, 6) is 0.342. The Kier molecular flexibility index (Phi) is 7.15. The second kappa shape index (κ2) is 9.19. The van der Waals surface area contributed by atoms with Crippen molar-refractivity contribution in [2.24, 2.45) is 11.7 Å². The van der Waals surface area contributed by atoms with Crippen LogP contribution in [0.5, 0.6) is 0 Å². The van der Waals surface area contributed by atoms with Crippen LogP contribution in [0.3, 0.4) is 0 Å². The summed E-state index contributed by atoms with van der Waals surface area (Å²) >= 11 is 0. The first-order valence-corrected chi connectivity index (χ1v) is 10.7. The van der Waals surface area contributed by atoms with E-state index in [4.69, 9.17) is 10.3 Å². The van der Waals surface area contributed by atoms with Crippen molar-refractivity contribution in [1.82, 2.24) is 9.97 Å². The van der Waals surface area contributed by atoms with Crippen LogP contribution in [-0.4, -0.2) is 40.1 Å². The second-order valence-corrected chi connectivity index (χ2v) is 9.18. The molecule has 0 saturated carbocycles. The number of carbonyl (C=O) groups excluding carboxylic acids is 1. The summed E-state index contributed by atoms with van der Waals surface area (Å²) in [6, 6.07) is 7.08. The van der Waals surface area contributed by atoms with E-state index < -0.39 is 21.3 Å². The van der Waals surface area contributed by atoms with Crippen molar-refractivity contribution < 1.29 is 17.8 Å². The predicted molar refractivity (Wildman–Crippen MR) is 113 cm³/mol. The molecule has 2 rings (SSSR count). The van der Waals surface area contributed by atoms with Gasteiger partial charge in [-0.2, -0.15) is 13.4 Å². The SMILES string of the molecule is CC(C)C(C)Nc1nc(Nc2ccc(C[C@@H](C)S(=O)(=O)O)cc2)ncc1C(N)=O. The lowest BCUT2D eigenvalue weighted by Crippen LogP contribution is -2.25. The van der Waals surface area contributed by atoms with Crippen LogP contribution in [0.2, 0.25) is 0 Å². The molecule has 2 aromatic rings. The molecule has 29 heavy (non-hydrogen) atoms. The van der Waals surface area contributed by atoms with Crippen molar-refractivity contribution in [3.05, 3.63) is 41.6 Å². The molecule has 5 N–H and O–H groups in total. The lowest BCUT2D eigenvalue weighted by Gasteiger charge is -2.20. The maximum absolute atomic E-state index is 11.7. The molecule has 1 amide bonds. The molecule has 0 radical (unpaired) electrons. The highest BCUT2D eigenvalue weighted by molar-refractivity contribution is 7.86. The highest BCUT2D eigenvalue weighted by Gasteiger charge is 2.18. The zero-order valence-corrected chi connectivity index (χ0v) is 17.7. The summed E-state index contributed by atoms with van der Waals surface area (Å²) < 4.78 is 31.4. The van der Waals surface area contributed by atoms with Crippen LogP contribution in [0.4, 0.5) is 17.5 Å². The molecule has 158 valence electrons. The fourth-order valence-corrected chi connectivity index (χ4v) is 2.81. The summed E-state index contributed by atoms with van der Waals surface area (Å²) in [6.45, 7) is 7.53. The Balaban J connectivity index is 2.18. The van der Waals surface area contributed by atoms with Crippen molar-refractivity contribution >= 4 is 33.5 Å². The van der Waals surface area contributed by atoms with Crippen molar-refractivity contribution in [3.63, 3.8) is 0 Å². The first kappa shape index (κ1) is 22.6. The molecule has 10 heteroatoms. The minimum atomic E-state index is -4.07. The number of nitrogens with two attached hydrogens (primary N) is 1. The molecule has 1 heterocycles. The minimum absolute atomic E-state index is 0.0694. The average Bonchev–Trinajstić information content (AvgIpc) is 2.62. The number of nitrogens with one attached hydrogen (secondary N) is 2. The van der Waals surface area contributed by atoms with Gasteiger partial charge in [0.15, 0.2) is 0 Å². The van der Waals surface area contributed by atoms with Gasteiger partial charge in [-0.15, -0.1) is 0 Å². The van der Waals surface area contributed by atoms with Gasteiger partial charge in [0.25, 0.3) is 16.0 Å². The van der Waals surface area contributed by atoms with Gasteiger partial charge < -0.3 is 16.4 Å². The molecular weight excluding hydrogens is 394 g/mol. The number of anilines is 3. The zero-order chi connectivity index (χ0) is 21.8. The first-order valence-electron chi connectivity index (χ1n) is 9.23. The molecule has 2 atom stereocenters. The standard InChI is InChI=1S/C19H27N5O4S/c1-11(2)13(4)22-18-16(17(20)25)10-21-19(24-18)23-15-7-5-14(6-8-15)9-12(3)29(26,27)28/h5-8,10-13H,9H2,1-4H3,(H2,20,25)(H,26,27,28)(H2,21,22,23,24)/t12-,13?/m1/s1. The third-order valence-electron chi connectivity index (χ3n) is 4.66. The monoisotopic (exact) mass is 421 g/mol.